The van der Waals surface area contributed by atoms with Crippen molar-refractivity contribution >= 4 is 28.7 Å². The molecule has 1 aromatic heterocycles. The summed E-state index contributed by atoms with van der Waals surface area (Å²) >= 11 is 7.31. The maximum Gasteiger partial charge on any atom is 0.142 e. The molecule has 0 spiro atoms. The first-order chi connectivity index (χ1) is 8.15. The Balaban J connectivity index is 2.01. The largest absolute Gasteiger partial charge is 0.299 e. The average Bonchev–Trinajstić information content (AvgIpc) is 2.67. The molecule has 0 aliphatic heterocycles. The second kappa shape index (κ2) is 5.48. The summed E-state index contributed by atoms with van der Waals surface area (Å²) in [6.45, 7) is 2.03. The first-order valence-corrected chi connectivity index (χ1v) is 6.65. The number of Topliss-reactive ketones (excluding diaryl/α,β-unsaturated/α-hetero) is 1. The third-order valence-corrected chi connectivity index (χ3v) is 3.88. The summed E-state index contributed by atoms with van der Waals surface area (Å²) in [5.41, 5.74) is 2.28. The van der Waals surface area contributed by atoms with Crippen LogP contribution in [-0.4, -0.2) is 5.78 Å². The van der Waals surface area contributed by atoms with Gasteiger partial charge in [-0.15, -0.1) is 11.3 Å². The summed E-state index contributed by atoms with van der Waals surface area (Å²) < 4.78 is 0.740. The van der Waals surface area contributed by atoms with Gasteiger partial charge in [0.05, 0.1) is 4.34 Å². The van der Waals surface area contributed by atoms with Gasteiger partial charge in [0.25, 0.3) is 0 Å². The molecule has 0 saturated carbocycles. The van der Waals surface area contributed by atoms with Gasteiger partial charge in [-0.2, -0.15) is 0 Å². The number of carbonyl (C=O) groups excluding carboxylic acids is 1. The SMILES string of the molecule is Cc1ccccc1CC(=O)Cc1ccc(Cl)s1. The Labute approximate surface area is 110 Å². The fourth-order valence-electron chi connectivity index (χ4n) is 1.72. The molecular formula is C14H13ClOS. The standard InChI is InChI=1S/C14H13ClOS/c1-10-4-2-3-5-11(10)8-12(16)9-13-6-7-14(15)17-13/h2-7H,8-9H2,1H3. The molecule has 2 aromatic rings. The van der Waals surface area contributed by atoms with E-state index < -0.39 is 0 Å². The summed E-state index contributed by atoms with van der Waals surface area (Å²) in [5, 5.41) is 0. The van der Waals surface area contributed by atoms with Crippen molar-refractivity contribution in [1.29, 1.82) is 0 Å². The van der Waals surface area contributed by atoms with Crippen molar-refractivity contribution in [2.75, 3.05) is 0 Å². The van der Waals surface area contributed by atoms with E-state index in [2.05, 4.69) is 0 Å². The normalized spacial score (nSPS) is 10.5. The predicted octanol–water partition coefficient (Wildman–Crippen LogP) is 4.06. The molecular weight excluding hydrogens is 252 g/mol. The number of hydrogen-bond donors (Lipinski definition) is 0. The highest BCUT2D eigenvalue weighted by molar-refractivity contribution is 7.16. The predicted molar refractivity (Wildman–Crippen MR) is 72.9 cm³/mol. The van der Waals surface area contributed by atoms with Gasteiger partial charge in [0, 0.05) is 17.7 Å². The van der Waals surface area contributed by atoms with E-state index in [-0.39, 0.29) is 5.78 Å². The Bertz CT molecular complexity index is 531. The van der Waals surface area contributed by atoms with Crippen molar-refractivity contribution in [3.63, 3.8) is 0 Å². The van der Waals surface area contributed by atoms with E-state index >= 15 is 0 Å². The van der Waals surface area contributed by atoms with Crippen molar-refractivity contribution in [1.82, 2.24) is 0 Å². The van der Waals surface area contributed by atoms with Gasteiger partial charge in [-0.3, -0.25) is 4.79 Å². The third-order valence-electron chi connectivity index (χ3n) is 2.65. The number of ketones is 1. The molecule has 88 valence electrons. The highest BCUT2D eigenvalue weighted by atomic mass is 35.5. The van der Waals surface area contributed by atoms with Gasteiger partial charge in [-0.25, -0.2) is 0 Å². The lowest BCUT2D eigenvalue weighted by Gasteiger charge is -2.03. The number of thiophene rings is 1. The lowest BCUT2D eigenvalue weighted by molar-refractivity contribution is -0.117. The van der Waals surface area contributed by atoms with E-state index in [9.17, 15) is 4.79 Å². The Morgan fingerprint density at radius 3 is 2.59 bits per heavy atom. The van der Waals surface area contributed by atoms with E-state index in [0.717, 1.165) is 14.8 Å². The highest BCUT2D eigenvalue weighted by Crippen LogP contribution is 2.22. The quantitative estimate of drug-likeness (QED) is 0.814. The van der Waals surface area contributed by atoms with E-state index in [0.29, 0.717) is 12.8 Å². The monoisotopic (exact) mass is 264 g/mol. The molecule has 0 aliphatic rings. The summed E-state index contributed by atoms with van der Waals surface area (Å²) in [5.74, 6) is 0.234. The number of carbonyl (C=O) groups is 1. The molecule has 3 heteroatoms. The lowest BCUT2D eigenvalue weighted by Crippen LogP contribution is -2.06. The number of aryl methyl sites for hydroxylation is 1. The first-order valence-electron chi connectivity index (χ1n) is 5.45. The second-order valence-corrected chi connectivity index (χ2v) is 5.82. The lowest BCUT2D eigenvalue weighted by atomic mass is 10.0. The molecule has 0 radical (unpaired) electrons. The van der Waals surface area contributed by atoms with Gasteiger partial charge in [0.1, 0.15) is 5.78 Å². The summed E-state index contributed by atoms with van der Waals surface area (Å²) in [4.78, 5) is 12.9. The van der Waals surface area contributed by atoms with E-state index in [1.807, 2.05) is 43.3 Å². The van der Waals surface area contributed by atoms with Crippen molar-refractivity contribution in [3.8, 4) is 0 Å². The number of hydrogen-bond acceptors (Lipinski definition) is 2. The van der Waals surface area contributed by atoms with Crippen LogP contribution in [0.3, 0.4) is 0 Å². The molecule has 0 amide bonds. The molecule has 1 aromatic carbocycles. The molecule has 2 rings (SSSR count). The molecule has 1 nitrogen and oxygen atoms in total. The zero-order valence-corrected chi connectivity index (χ0v) is 11.1. The van der Waals surface area contributed by atoms with Crippen molar-refractivity contribution in [3.05, 3.63) is 56.7 Å². The van der Waals surface area contributed by atoms with Crippen LogP contribution in [0.4, 0.5) is 0 Å². The Morgan fingerprint density at radius 1 is 1.18 bits per heavy atom. The van der Waals surface area contributed by atoms with E-state index in [1.54, 1.807) is 0 Å². The maximum absolute atomic E-state index is 11.9. The topological polar surface area (TPSA) is 17.1 Å². The number of halogens is 1. The van der Waals surface area contributed by atoms with Gasteiger partial charge in [0.2, 0.25) is 0 Å². The minimum absolute atomic E-state index is 0.234. The molecule has 0 unspecified atom stereocenters. The zero-order chi connectivity index (χ0) is 12.3. The Hall–Kier alpha value is -1.12. The Kier molecular flexibility index (Phi) is 3.97. The van der Waals surface area contributed by atoms with Crippen LogP contribution in [0.5, 0.6) is 0 Å². The molecule has 0 N–H and O–H groups in total. The minimum atomic E-state index is 0.234. The summed E-state index contributed by atoms with van der Waals surface area (Å²) in [6, 6.07) is 11.8. The van der Waals surface area contributed by atoms with Gasteiger partial charge in [-0.1, -0.05) is 35.9 Å². The van der Waals surface area contributed by atoms with Crippen molar-refractivity contribution in [2.24, 2.45) is 0 Å². The maximum atomic E-state index is 11.9. The number of benzene rings is 1. The molecule has 0 aliphatic carbocycles. The van der Waals surface area contributed by atoms with Crippen LogP contribution in [0.15, 0.2) is 36.4 Å². The summed E-state index contributed by atoms with van der Waals surface area (Å²) in [6.07, 6.45) is 0.980. The molecule has 17 heavy (non-hydrogen) atoms. The van der Waals surface area contributed by atoms with Gasteiger partial charge in [0.15, 0.2) is 0 Å². The van der Waals surface area contributed by atoms with Gasteiger partial charge >= 0.3 is 0 Å². The first kappa shape index (κ1) is 12.3. The highest BCUT2D eigenvalue weighted by Gasteiger charge is 2.08. The average molecular weight is 265 g/mol. The molecule has 0 fully saturated rings. The second-order valence-electron chi connectivity index (χ2n) is 4.02. The van der Waals surface area contributed by atoms with Crippen LogP contribution in [0.1, 0.15) is 16.0 Å². The van der Waals surface area contributed by atoms with Gasteiger partial charge in [-0.05, 0) is 30.2 Å². The van der Waals surface area contributed by atoms with Crippen LogP contribution in [0.2, 0.25) is 4.34 Å². The van der Waals surface area contributed by atoms with E-state index in [4.69, 9.17) is 11.6 Å². The fraction of sp³-hybridized carbons (Fsp3) is 0.214. The Morgan fingerprint density at radius 2 is 1.94 bits per heavy atom. The van der Waals surface area contributed by atoms with E-state index in [1.165, 1.54) is 16.9 Å². The van der Waals surface area contributed by atoms with Crippen LogP contribution < -0.4 is 0 Å². The van der Waals surface area contributed by atoms with Crippen LogP contribution in [0, 0.1) is 6.92 Å². The van der Waals surface area contributed by atoms with Crippen LogP contribution in [0.25, 0.3) is 0 Å². The molecule has 0 bridgehead atoms. The summed E-state index contributed by atoms with van der Waals surface area (Å²) in [7, 11) is 0. The van der Waals surface area contributed by atoms with Crippen LogP contribution in [-0.2, 0) is 17.6 Å². The van der Waals surface area contributed by atoms with Gasteiger partial charge < -0.3 is 0 Å². The van der Waals surface area contributed by atoms with Crippen molar-refractivity contribution < 1.29 is 4.79 Å². The fourth-order valence-corrected chi connectivity index (χ4v) is 2.84. The minimum Gasteiger partial charge on any atom is -0.299 e. The number of rotatable bonds is 4. The smallest absolute Gasteiger partial charge is 0.142 e. The zero-order valence-electron chi connectivity index (χ0n) is 9.57. The third kappa shape index (κ3) is 3.42. The molecule has 0 saturated heterocycles. The molecule has 1 heterocycles. The van der Waals surface area contributed by atoms with Crippen molar-refractivity contribution in [2.45, 2.75) is 19.8 Å². The van der Waals surface area contributed by atoms with Crippen LogP contribution >= 0.6 is 22.9 Å². The molecule has 0 atom stereocenters.